The summed E-state index contributed by atoms with van der Waals surface area (Å²) in [5, 5.41) is 6.17. The van der Waals surface area contributed by atoms with Gasteiger partial charge in [0.1, 0.15) is 5.75 Å². The zero-order chi connectivity index (χ0) is 32.9. The van der Waals surface area contributed by atoms with E-state index in [4.69, 9.17) is 4.74 Å². The molecule has 0 unspecified atom stereocenters. The van der Waals surface area contributed by atoms with Gasteiger partial charge in [-0.1, -0.05) is 55.1 Å². The van der Waals surface area contributed by atoms with Gasteiger partial charge >= 0.3 is 6.18 Å². The van der Waals surface area contributed by atoms with Crippen molar-refractivity contribution in [2.45, 2.75) is 64.1 Å². The first-order valence-electron chi connectivity index (χ1n) is 16.1. The van der Waals surface area contributed by atoms with Crippen molar-refractivity contribution >= 4 is 17.9 Å². The molecule has 9 heteroatoms. The molecule has 1 aliphatic rings. The molecule has 0 aromatic heterocycles. The summed E-state index contributed by atoms with van der Waals surface area (Å²) in [4.78, 5) is 27.9. The first kappa shape index (κ1) is 34.8. The predicted octanol–water partition coefficient (Wildman–Crippen LogP) is 7.53. The van der Waals surface area contributed by atoms with E-state index in [1.165, 1.54) is 12.1 Å². The molecule has 2 amide bonds. The van der Waals surface area contributed by atoms with Gasteiger partial charge in [0.25, 0.3) is 5.91 Å². The standard InChI is InChI=1S/C37H44F3N3O3/c1-3-27-11-9-15-34(46-4-2)32(27)14-10-16-35(44)41-23-7-8-24-43-25-21-30(22-26-43)42-36(45)33-13-6-5-12-31(33)28-17-19-29(20-18-28)37(38,39)40/h3,5-6,9,11-13,15,17-20,30H,1,4,7-8,10,14,16,21-26H2,2H3,(H,41,44)(H,42,45). The van der Waals surface area contributed by atoms with Crippen molar-refractivity contribution in [1.82, 2.24) is 15.5 Å². The van der Waals surface area contributed by atoms with Crippen molar-refractivity contribution in [3.8, 4) is 16.9 Å². The van der Waals surface area contributed by atoms with E-state index in [2.05, 4.69) is 22.1 Å². The maximum atomic E-state index is 13.2. The van der Waals surface area contributed by atoms with Crippen molar-refractivity contribution in [3.05, 3.63) is 95.6 Å². The average molecular weight is 636 g/mol. The van der Waals surface area contributed by atoms with Crippen LogP contribution in [-0.2, 0) is 17.4 Å². The Morgan fingerprint density at radius 3 is 2.41 bits per heavy atom. The number of piperidine rings is 1. The molecule has 0 atom stereocenters. The van der Waals surface area contributed by atoms with Gasteiger partial charge in [0.15, 0.2) is 0 Å². The van der Waals surface area contributed by atoms with E-state index in [-0.39, 0.29) is 17.9 Å². The minimum absolute atomic E-state index is 0.0340. The van der Waals surface area contributed by atoms with E-state index in [1.54, 1.807) is 24.3 Å². The zero-order valence-electron chi connectivity index (χ0n) is 26.5. The van der Waals surface area contributed by atoms with Crippen LogP contribution in [0, 0.1) is 0 Å². The Balaban J connectivity index is 1.13. The normalized spacial score (nSPS) is 14.1. The zero-order valence-corrected chi connectivity index (χ0v) is 26.5. The number of amides is 2. The molecule has 3 aromatic rings. The Labute approximate surface area is 270 Å². The molecule has 0 spiro atoms. The molecule has 46 heavy (non-hydrogen) atoms. The maximum Gasteiger partial charge on any atom is 0.416 e. The number of nitrogens with zero attached hydrogens (tertiary/aromatic N) is 1. The Bertz CT molecular complexity index is 1450. The molecule has 246 valence electrons. The Morgan fingerprint density at radius 2 is 1.72 bits per heavy atom. The van der Waals surface area contributed by atoms with Crippen LogP contribution in [0.15, 0.2) is 73.3 Å². The lowest BCUT2D eigenvalue weighted by molar-refractivity contribution is -0.137. The Kier molecular flexibility index (Phi) is 12.8. The number of hydrogen-bond donors (Lipinski definition) is 2. The molecule has 0 radical (unpaired) electrons. The highest BCUT2D eigenvalue weighted by molar-refractivity contribution is 6.01. The molecule has 1 aliphatic heterocycles. The van der Waals surface area contributed by atoms with Crippen LogP contribution in [0.2, 0.25) is 0 Å². The number of hydrogen-bond acceptors (Lipinski definition) is 4. The molecular weight excluding hydrogens is 591 g/mol. The van der Waals surface area contributed by atoms with Crippen LogP contribution in [0.1, 0.15) is 72.5 Å². The molecular formula is C37H44F3N3O3. The van der Waals surface area contributed by atoms with Crippen molar-refractivity contribution in [2.24, 2.45) is 0 Å². The van der Waals surface area contributed by atoms with E-state index in [0.717, 1.165) is 87.2 Å². The van der Waals surface area contributed by atoms with Gasteiger partial charge < -0.3 is 20.3 Å². The van der Waals surface area contributed by atoms with E-state index in [9.17, 15) is 22.8 Å². The van der Waals surface area contributed by atoms with Gasteiger partial charge in [-0.05, 0) is 92.9 Å². The van der Waals surface area contributed by atoms with Crippen LogP contribution >= 0.6 is 0 Å². The second-order valence-electron chi connectivity index (χ2n) is 11.6. The molecule has 3 aromatic carbocycles. The number of unbranched alkanes of at least 4 members (excludes halogenated alkanes) is 1. The molecule has 4 rings (SSSR count). The van der Waals surface area contributed by atoms with Crippen LogP contribution in [0.3, 0.4) is 0 Å². The van der Waals surface area contributed by atoms with E-state index >= 15 is 0 Å². The van der Waals surface area contributed by atoms with Gasteiger partial charge in [-0.2, -0.15) is 13.2 Å². The molecule has 1 saturated heterocycles. The van der Waals surface area contributed by atoms with Crippen LogP contribution in [-0.4, -0.2) is 55.5 Å². The number of ether oxygens (including phenoxy) is 1. The van der Waals surface area contributed by atoms with E-state index in [1.807, 2.05) is 31.2 Å². The van der Waals surface area contributed by atoms with Gasteiger partial charge in [0, 0.05) is 43.2 Å². The van der Waals surface area contributed by atoms with Crippen LogP contribution < -0.4 is 15.4 Å². The van der Waals surface area contributed by atoms with Gasteiger partial charge in [-0.15, -0.1) is 0 Å². The lowest BCUT2D eigenvalue weighted by Gasteiger charge is -2.32. The topological polar surface area (TPSA) is 70.7 Å². The van der Waals surface area contributed by atoms with Crippen molar-refractivity contribution in [3.63, 3.8) is 0 Å². The lowest BCUT2D eigenvalue weighted by atomic mass is 9.97. The first-order valence-corrected chi connectivity index (χ1v) is 16.1. The molecule has 0 aliphatic carbocycles. The lowest BCUT2D eigenvalue weighted by Crippen LogP contribution is -2.45. The van der Waals surface area contributed by atoms with Crippen LogP contribution in [0.5, 0.6) is 5.75 Å². The third-order valence-corrected chi connectivity index (χ3v) is 8.36. The second-order valence-corrected chi connectivity index (χ2v) is 11.6. The highest BCUT2D eigenvalue weighted by atomic mass is 19.4. The largest absolute Gasteiger partial charge is 0.494 e. The highest BCUT2D eigenvalue weighted by Crippen LogP contribution is 2.32. The van der Waals surface area contributed by atoms with Crippen molar-refractivity contribution in [2.75, 3.05) is 32.8 Å². The number of likely N-dealkylation sites (tertiary alicyclic amines) is 1. The van der Waals surface area contributed by atoms with E-state index < -0.39 is 11.7 Å². The molecule has 0 bridgehead atoms. The third-order valence-electron chi connectivity index (χ3n) is 8.36. The first-order chi connectivity index (χ1) is 22.2. The quantitative estimate of drug-likeness (QED) is 0.170. The van der Waals surface area contributed by atoms with Gasteiger partial charge in [0.2, 0.25) is 5.91 Å². The van der Waals surface area contributed by atoms with Crippen LogP contribution in [0.25, 0.3) is 17.2 Å². The third kappa shape index (κ3) is 9.94. The molecule has 2 N–H and O–H groups in total. The summed E-state index contributed by atoms with van der Waals surface area (Å²) in [6.45, 7) is 9.77. The highest BCUT2D eigenvalue weighted by Gasteiger charge is 2.30. The molecule has 6 nitrogen and oxygen atoms in total. The number of benzene rings is 3. The number of rotatable bonds is 15. The maximum absolute atomic E-state index is 13.2. The smallest absolute Gasteiger partial charge is 0.416 e. The second kappa shape index (κ2) is 17.0. The number of carbonyl (C=O) groups excluding carboxylic acids is 2. The summed E-state index contributed by atoms with van der Waals surface area (Å²) in [7, 11) is 0. The van der Waals surface area contributed by atoms with E-state index in [0.29, 0.717) is 36.3 Å². The monoisotopic (exact) mass is 635 g/mol. The molecule has 1 heterocycles. The SMILES string of the molecule is C=Cc1cccc(OCC)c1CCCC(=O)NCCCCN1CCC(NC(=O)c2ccccc2-c2ccc(C(F)(F)F)cc2)CC1. The number of halogens is 3. The fraction of sp³-hybridized carbons (Fsp3) is 0.405. The number of nitrogens with one attached hydrogen (secondary N) is 2. The van der Waals surface area contributed by atoms with Gasteiger partial charge in [0.05, 0.1) is 12.2 Å². The number of alkyl halides is 3. The molecule has 0 saturated carbocycles. The van der Waals surface area contributed by atoms with Crippen LogP contribution in [0.4, 0.5) is 13.2 Å². The summed E-state index contributed by atoms with van der Waals surface area (Å²) >= 11 is 0. The van der Waals surface area contributed by atoms with Gasteiger partial charge in [-0.3, -0.25) is 9.59 Å². The average Bonchev–Trinajstić information content (AvgIpc) is 3.05. The molecule has 1 fully saturated rings. The fourth-order valence-electron chi connectivity index (χ4n) is 5.87. The summed E-state index contributed by atoms with van der Waals surface area (Å²) < 4.78 is 44.7. The summed E-state index contributed by atoms with van der Waals surface area (Å²) in [5.74, 6) is 0.698. The summed E-state index contributed by atoms with van der Waals surface area (Å²) in [5.41, 5.74) is 3.04. The van der Waals surface area contributed by atoms with Crippen molar-refractivity contribution < 1.29 is 27.5 Å². The summed E-state index contributed by atoms with van der Waals surface area (Å²) in [6, 6.07) is 17.8. The predicted molar refractivity (Wildman–Crippen MR) is 177 cm³/mol. The fourth-order valence-corrected chi connectivity index (χ4v) is 5.87. The Hall–Kier alpha value is -4.11. The minimum Gasteiger partial charge on any atom is -0.494 e. The van der Waals surface area contributed by atoms with Gasteiger partial charge in [-0.25, -0.2) is 0 Å². The number of carbonyl (C=O) groups is 2. The summed E-state index contributed by atoms with van der Waals surface area (Å²) in [6.07, 6.45) is 2.90. The minimum atomic E-state index is -4.41. The Morgan fingerprint density at radius 1 is 0.978 bits per heavy atom. The van der Waals surface area contributed by atoms with Crippen molar-refractivity contribution in [1.29, 1.82) is 0 Å².